The van der Waals surface area contributed by atoms with Crippen LogP contribution < -0.4 is 5.32 Å². The van der Waals surface area contributed by atoms with Crippen LogP contribution in [0.1, 0.15) is 13.3 Å². The predicted octanol–water partition coefficient (Wildman–Crippen LogP) is 2.02. The molecule has 0 aromatic rings. The third-order valence-electron chi connectivity index (χ3n) is 2.05. The van der Waals surface area contributed by atoms with Gasteiger partial charge in [-0.25, -0.2) is 0 Å². The molecule has 0 aliphatic carbocycles. The third kappa shape index (κ3) is 1.88. The largest absolute Gasteiger partial charge is 0.349 e. The van der Waals surface area contributed by atoms with Crippen LogP contribution in [0.4, 0.5) is 0 Å². The van der Waals surface area contributed by atoms with E-state index in [0.29, 0.717) is 12.3 Å². The predicted molar refractivity (Wildman–Crippen MR) is 58.0 cm³/mol. The van der Waals surface area contributed by atoms with Crippen LogP contribution in [0, 0.1) is 5.92 Å². The van der Waals surface area contributed by atoms with Crippen LogP contribution in [0.2, 0.25) is 0 Å². The number of carbonyl (C=O) groups excluding carboxylic acids is 1. The highest BCUT2D eigenvalue weighted by molar-refractivity contribution is 14.1. The minimum Gasteiger partial charge on any atom is -0.349 e. The molecule has 2 nitrogen and oxygen atoms in total. The highest BCUT2D eigenvalue weighted by Crippen LogP contribution is 2.29. The minimum atomic E-state index is 0.126. The summed E-state index contributed by atoms with van der Waals surface area (Å²) in [6.07, 6.45) is 4.44. The van der Waals surface area contributed by atoms with Gasteiger partial charge in [-0.15, -0.1) is 6.58 Å². The van der Waals surface area contributed by atoms with E-state index >= 15 is 0 Å². The number of carbonyl (C=O) groups is 1. The molecule has 1 N–H and O–H groups in total. The van der Waals surface area contributed by atoms with Crippen LogP contribution >= 0.6 is 22.6 Å². The Kier molecular flexibility index (Phi) is 3.31. The van der Waals surface area contributed by atoms with Crippen LogP contribution in [0.3, 0.4) is 0 Å². The van der Waals surface area contributed by atoms with Crippen molar-refractivity contribution in [1.82, 2.24) is 5.32 Å². The van der Waals surface area contributed by atoms with E-state index in [0.717, 1.165) is 0 Å². The van der Waals surface area contributed by atoms with Crippen molar-refractivity contribution in [2.75, 3.05) is 0 Å². The van der Waals surface area contributed by atoms with Crippen LogP contribution in [0.15, 0.2) is 22.3 Å². The molecule has 0 saturated carbocycles. The standard InChI is InChI=1S/C9H12INO/c1-3-7(10)6-5-9(12)11-8(6)4-2/h3-4,6,8H,2,5H2,1H3,(H,11,12)/b7-3+. The lowest BCUT2D eigenvalue weighted by Gasteiger charge is -2.13. The van der Waals surface area contributed by atoms with Gasteiger partial charge in [-0.05, 0) is 33.1 Å². The van der Waals surface area contributed by atoms with Crippen molar-refractivity contribution in [2.24, 2.45) is 5.92 Å². The van der Waals surface area contributed by atoms with Crippen molar-refractivity contribution in [3.63, 3.8) is 0 Å². The molecule has 1 aliphatic rings. The quantitative estimate of drug-likeness (QED) is 0.607. The first-order chi connectivity index (χ1) is 5.69. The Labute approximate surface area is 86.2 Å². The number of rotatable bonds is 2. The van der Waals surface area contributed by atoms with Gasteiger partial charge < -0.3 is 5.32 Å². The normalized spacial score (nSPS) is 30.2. The number of nitrogens with one attached hydrogen (secondary N) is 1. The van der Waals surface area contributed by atoms with E-state index in [2.05, 4.69) is 34.5 Å². The fourth-order valence-corrected chi connectivity index (χ4v) is 1.99. The molecule has 12 heavy (non-hydrogen) atoms. The number of hydrogen-bond donors (Lipinski definition) is 1. The Morgan fingerprint density at radius 1 is 1.83 bits per heavy atom. The van der Waals surface area contributed by atoms with E-state index in [1.807, 2.05) is 13.0 Å². The summed E-state index contributed by atoms with van der Waals surface area (Å²) in [6.45, 7) is 5.69. The maximum Gasteiger partial charge on any atom is 0.221 e. The fourth-order valence-electron chi connectivity index (χ4n) is 1.38. The topological polar surface area (TPSA) is 29.1 Å². The summed E-state index contributed by atoms with van der Waals surface area (Å²) in [7, 11) is 0. The van der Waals surface area contributed by atoms with Gasteiger partial charge in [-0.2, -0.15) is 0 Å². The SMILES string of the molecule is C=CC1NC(=O)CC1/C(I)=C\C. The molecule has 0 bridgehead atoms. The summed E-state index contributed by atoms with van der Waals surface area (Å²) >= 11 is 2.28. The second-order valence-electron chi connectivity index (χ2n) is 2.81. The minimum absolute atomic E-state index is 0.126. The third-order valence-corrected chi connectivity index (χ3v) is 3.47. The lowest BCUT2D eigenvalue weighted by Crippen LogP contribution is -2.26. The van der Waals surface area contributed by atoms with Crippen molar-refractivity contribution >= 4 is 28.5 Å². The van der Waals surface area contributed by atoms with Crippen LogP contribution in [0.25, 0.3) is 0 Å². The highest BCUT2D eigenvalue weighted by Gasteiger charge is 2.31. The van der Waals surface area contributed by atoms with Gasteiger partial charge in [0.05, 0.1) is 6.04 Å². The van der Waals surface area contributed by atoms with E-state index < -0.39 is 0 Å². The molecule has 0 spiro atoms. The average molecular weight is 277 g/mol. The zero-order valence-electron chi connectivity index (χ0n) is 7.01. The molecule has 1 amide bonds. The van der Waals surface area contributed by atoms with Crippen molar-refractivity contribution in [2.45, 2.75) is 19.4 Å². The van der Waals surface area contributed by atoms with Crippen molar-refractivity contribution in [3.8, 4) is 0 Å². The lowest BCUT2D eigenvalue weighted by molar-refractivity contribution is -0.119. The molecule has 1 heterocycles. The summed E-state index contributed by atoms with van der Waals surface area (Å²) in [6, 6.07) is 0.126. The molecule has 1 saturated heterocycles. The molecule has 66 valence electrons. The molecular weight excluding hydrogens is 265 g/mol. The smallest absolute Gasteiger partial charge is 0.221 e. The summed E-state index contributed by atoms with van der Waals surface area (Å²) < 4.78 is 1.23. The molecule has 0 aromatic carbocycles. The van der Waals surface area contributed by atoms with Gasteiger partial charge in [0.15, 0.2) is 0 Å². The monoisotopic (exact) mass is 277 g/mol. The number of hydrogen-bond acceptors (Lipinski definition) is 1. The molecule has 3 heteroatoms. The van der Waals surface area contributed by atoms with E-state index in [1.54, 1.807) is 6.08 Å². The van der Waals surface area contributed by atoms with E-state index in [4.69, 9.17) is 0 Å². The zero-order valence-corrected chi connectivity index (χ0v) is 9.17. The van der Waals surface area contributed by atoms with Gasteiger partial charge in [0.1, 0.15) is 0 Å². The summed E-state index contributed by atoms with van der Waals surface area (Å²) in [4.78, 5) is 11.1. The summed E-state index contributed by atoms with van der Waals surface area (Å²) in [5, 5.41) is 2.87. The molecule has 0 radical (unpaired) electrons. The second kappa shape index (κ2) is 4.07. The highest BCUT2D eigenvalue weighted by atomic mass is 127. The van der Waals surface area contributed by atoms with E-state index in [-0.39, 0.29) is 11.9 Å². The van der Waals surface area contributed by atoms with Crippen molar-refractivity contribution in [3.05, 3.63) is 22.3 Å². The maximum atomic E-state index is 11.1. The molecular formula is C9H12INO. The Morgan fingerprint density at radius 3 is 3.00 bits per heavy atom. The van der Waals surface area contributed by atoms with Crippen molar-refractivity contribution in [1.29, 1.82) is 0 Å². The first kappa shape index (κ1) is 9.77. The maximum absolute atomic E-state index is 11.1. The fraction of sp³-hybridized carbons (Fsp3) is 0.444. The molecule has 1 aliphatic heterocycles. The number of amides is 1. The Bertz CT molecular complexity index is 235. The van der Waals surface area contributed by atoms with Gasteiger partial charge >= 0.3 is 0 Å². The van der Waals surface area contributed by atoms with Gasteiger partial charge in [-0.1, -0.05) is 12.2 Å². The summed E-state index contributed by atoms with van der Waals surface area (Å²) in [5.41, 5.74) is 0. The molecule has 0 aromatic heterocycles. The Hall–Kier alpha value is -0.320. The molecule has 1 rings (SSSR count). The average Bonchev–Trinajstić information content (AvgIpc) is 2.45. The second-order valence-corrected chi connectivity index (χ2v) is 4.06. The molecule has 2 atom stereocenters. The lowest BCUT2D eigenvalue weighted by atomic mass is 10.0. The van der Waals surface area contributed by atoms with Crippen LogP contribution in [-0.2, 0) is 4.79 Å². The molecule has 1 fully saturated rings. The van der Waals surface area contributed by atoms with Crippen LogP contribution in [0.5, 0.6) is 0 Å². The van der Waals surface area contributed by atoms with E-state index in [9.17, 15) is 4.79 Å². The first-order valence-electron chi connectivity index (χ1n) is 3.92. The van der Waals surface area contributed by atoms with Gasteiger partial charge in [0.2, 0.25) is 5.91 Å². The van der Waals surface area contributed by atoms with Gasteiger partial charge in [-0.3, -0.25) is 4.79 Å². The number of allylic oxidation sites excluding steroid dienone is 1. The molecule has 2 unspecified atom stereocenters. The summed E-state index contributed by atoms with van der Waals surface area (Å²) in [5.74, 6) is 0.432. The zero-order chi connectivity index (χ0) is 9.14. The number of halogens is 1. The Balaban J connectivity index is 2.76. The van der Waals surface area contributed by atoms with Gasteiger partial charge in [0, 0.05) is 12.3 Å². The van der Waals surface area contributed by atoms with Crippen molar-refractivity contribution < 1.29 is 4.79 Å². The van der Waals surface area contributed by atoms with E-state index in [1.165, 1.54) is 3.58 Å². The van der Waals surface area contributed by atoms with Gasteiger partial charge in [0.25, 0.3) is 0 Å². The van der Waals surface area contributed by atoms with Crippen LogP contribution in [-0.4, -0.2) is 11.9 Å². The first-order valence-corrected chi connectivity index (χ1v) is 5.00. The Morgan fingerprint density at radius 2 is 2.50 bits per heavy atom.